The van der Waals surface area contributed by atoms with Gasteiger partial charge < -0.3 is 0 Å². The van der Waals surface area contributed by atoms with E-state index in [-0.39, 0.29) is 11.3 Å². The van der Waals surface area contributed by atoms with Crippen molar-refractivity contribution in [2.45, 2.75) is 19.3 Å². The Hall–Kier alpha value is -1.62. The molecule has 21 heavy (non-hydrogen) atoms. The lowest BCUT2D eigenvalue weighted by Crippen LogP contribution is -2.22. The van der Waals surface area contributed by atoms with E-state index in [0.717, 1.165) is 6.92 Å². The highest BCUT2D eigenvalue weighted by Gasteiger charge is 2.28. The number of benzene rings is 1. The number of carbonyl (C=O) groups is 1. The number of hydrogen-bond donors (Lipinski definition) is 0. The minimum atomic E-state index is -2.92. The fourth-order valence-corrected chi connectivity index (χ4v) is 2.73. The molecule has 0 saturated heterocycles. The van der Waals surface area contributed by atoms with Crippen LogP contribution in [0.25, 0.3) is 0 Å². The summed E-state index contributed by atoms with van der Waals surface area (Å²) in [6.45, 7) is 4.73. The molecule has 1 heterocycles. The maximum absolute atomic E-state index is 13.2. The molecule has 0 fully saturated rings. The Morgan fingerprint density at radius 1 is 1.38 bits per heavy atom. The second-order valence-corrected chi connectivity index (χ2v) is 5.77. The molecule has 1 aromatic carbocycles. The topological polar surface area (TPSA) is 29.4 Å². The summed E-state index contributed by atoms with van der Waals surface area (Å²) in [5, 5.41) is 0. The maximum Gasteiger partial charge on any atom is 0.270 e. The maximum atomic E-state index is 13.2. The summed E-state index contributed by atoms with van der Waals surface area (Å²) in [4.78, 5) is 16.7. The average Bonchev–Trinajstić information content (AvgIpc) is 2.58. The minimum absolute atomic E-state index is 0.117. The Kier molecular flexibility index (Phi) is 4.52. The van der Waals surface area contributed by atoms with E-state index in [2.05, 4.69) is 27.5 Å². The van der Waals surface area contributed by atoms with Crippen LogP contribution in [0.2, 0.25) is 0 Å². The van der Waals surface area contributed by atoms with Crippen molar-refractivity contribution in [3.63, 3.8) is 0 Å². The molecule has 0 radical (unpaired) electrons. The Bertz CT molecular complexity index is 627. The summed E-state index contributed by atoms with van der Waals surface area (Å²) >= 11 is 3.29. The summed E-state index contributed by atoms with van der Waals surface area (Å²) in [7, 11) is 0. The van der Waals surface area contributed by atoms with Gasteiger partial charge in [0.25, 0.3) is 5.92 Å². The van der Waals surface area contributed by atoms with Gasteiger partial charge in [0.2, 0.25) is 0 Å². The summed E-state index contributed by atoms with van der Waals surface area (Å²) < 4.78 is 26.9. The fraction of sp³-hybridized carbons (Fsp3) is 0.250. The van der Waals surface area contributed by atoms with Gasteiger partial charge in [-0.25, -0.2) is 8.78 Å². The molecule has 5 heteroatoms. The Balaban J connectivity index is 2.29. The quantitative estimate of drug-likeness (QED) is 0.563. The predicted molar refractivity (Wildman–Crippen MR) is 83.1 cm³/mol. The number of nitrogens with zero attached hydrogens (tertiary/aromatic N) is 1. The number of aliphatic imine (C=N–C) groups is 1. The number of halogens is 3. The molecule has 0 N–H and O–H groups in total. The monoisotopic (exact) mass is 353 g/mol. The van der Waals surface area contributed by atoms with Gasteiger partial charge in [0.05, 0.1) is 10.5 Å². The third-order valence-corrected chi connectivity index (χ3v) is 3.93. The molecule has 0 bridgehead atoms. The average molecular weight is 354 g/mol. The summed E-state index contributed by atoms with van der Waals surface area (Å²) in [6, 6.07) is 5.38. The van der Waals surface area contributed by atoms with Crippen LogP contribution in [0.4, 0.5) is 8.78 Å². The zero-order valence-corrected chi connectivity index (χ0v) is 13.0. The van der Waals surface area contributed by atoms with Gasteiger partial charge in [-0.05, 0) is 22.4 Å². The van der Waals surface area contributed by atoms with E-state index in [9.17, 15) is 13.6 Å². The smallest absolute Gasteiger partial charge is 0.270 e. The summed E-state index contributed by atoms with van der Waals surface area (Å²) in [5.74, 6) is -3.70. The fourth-order valence-electron chi connectivity index (χ4n) is 2.08. The van der Waals surface area contributed by atoms with Crippen molar-refractivity contribution in [1.82, 2.24) is 0 Å². The Labute approximate surface area is 130 Å². The number of ketones is 1. The molecule has 1 aliphatic rings. The van der Waals surface area contributed by atoms with E-state index >= 15 is 0 Å². The predicted octanol–water partition coefficient (Wildman–Crippen LogP) is 4.86. The first-order chi connectivity index (χ1) is 9.80. The molecular formula is C16H14BrF2NO. The standard InChI is InChI=1S/C16H14BrF2NO/c1-10-4-3-9-20-15(17)13(10)14(21)11-5-7-12(8-6-11)16(2,18)19/h3,5-9,13H,1,4H2,2H3. The highest BCUT2D eigenvalue weighted by atomic mass is 79.9. The van der Waals surface area contributed by atoms with Crippen molar-refractivity contribution >= 4 is 26.3 Å². The molecule has 0 saturated carbocycles. The van der Waals surface area contributed by atoms with E-state index in [1.807, 2.05) is 6.08 Å². The van der Waals surface area contributed by atoms with Crippen LogP contribution >= 0.6 is 15.9 Å². The summed E-state index contributed by atoms with van der Waals surface area (Å²) in [6.07, 6.45) is 3.99. The molecule has 1 aromatic rings. The van der Waals surface area contributed by atoms with Gasteiger partial charge in [-0.3, -0.25) is 9.79 Å². The molecule has 1 atom stereocenters. The van der Waals surface area contributed by atoms with Gasteiger partial charge in [0, 0.05) is 24.3 Å². The van der Waals surface area contributed by atoms with E-state index in [4.69, 9.17) is 0 Å². The van der Waals surface area contributed by atoms with Crippen LogP contribution < -0.4 is 0 Å². The van der Waals surface area contributed by atoms with Crippen LogP contribution in [-0.4, -0.2) is 10.4 Å². The van der Waals surface area contributed by atoms with E-state index in [1.54, 1.807) is 6.20 Å². The highest BCUT2D eigenvalue weighted by molar-refractivity contribution is 9.18. The first kappa shape index (κ1) is 15.8. The lowest BCUT2D eigenvalue weighted by Gasteiger charge is -2.16. The third-order valence-electron chi connectivity index (χ3n) is 3.27. The molecule has 0 spiro atoms. The Morgan fingerprint density at radius 2 is 2.00 bits per heavy atom. The number of alkyl halides is 2. The van der Waals surface area contributed by atoms with Crippen molar-refractivity contribution in [1.29, 1.82) is 0 Å². The largest absolute Gasteiger partial charge is 0.293 e. The molecule has 2 nitrogen and oxygen atoms in total. The lowest BCUT2D eigenvalue weighted by molar-refractivity contribution is 0.0174. The van der Waals surface area contributed by atoms with Crippen LogP contribution in [0.3, 0.4) is 0 Å². The van der Waals surface area contributed by atoms with Crippen molar-refractivity contribution < 1.29 is 13.6 Å². The van der Waals surface area contributed by atoms with Gasteiger partial charge in [-0.15, -0.1) is 0 Å². The highest BCUT2D eigenvalue weighted by Crippen LogP contribution is 2.29. The van der Waals surface area contributed by atoms with Gasteiger partial charge >= 0.3 is 0 Å². The van der Waals surface area contributed by atoms with Gasteiger partial charge in [0.15, 0.2) is 5.78 Å². The van der Waals surface area contributed by atoms with E-state index < -0.39 is 11.8 Å². The zero-order valence-electron chi connectivity index (χ0n) is 11.4. The van der Waals surface area contributed by atoms with Crippen LogP contribution in [-0.2, 0) is 5.92 Å². The van der Waals surface area contributed by atoms with Crippen LogP contribution in [0, 0.1) is 5.92 Å². The number of rotatable bonds is 3. The molecule has 0 amide bonds. The van der Waals surface area contributed by atoms with Gasteiger partial charge in [-0.2, -0.15) is 0 Å². The van der Waals surface area contributed by atoms with E-state index in [1.165, 1.54) is 24.3 Å². The van der Waals surface area contributed by atoms with Crippen molar-refractivity contribution in [3.8, 4) is 0 Å². The zero-order chi connectivity index (χ0) is 15.6. The minimum Gasteiger partial charge on any atom is -0.293 e. The molecule has 2 rings (SSSR count). The van der Waals surface area contributed by atoms with Crippen LogP contribution in [0.1, 0.15) is 29.3 Å². The van der Waals surface area contributed by atoms with Crippen LogP contribution in [0.15, 0.2) is 53.7 Å². The summed E-state index contributed by atoms with van der Waals surface area (Å²) in [5.41, 5.74) is 0.964. The first-order valence-corrected chi connectivity index (χ1v) is 7.18. The lowest BCUT2D eigenvalue weighted by atomic mass is 9.90. The van der Waals surface area contributed by atoms with E-state index in [0.29, 0.717) is 22.2 Å². The second-order valence-electron chi connectivity index (χ2n) is 4.96. The molecule has 1 unspecified atom stereocenters. The van der Waals surface area contributed by atoms with Crippen LogP contribution in [0.5, 0.6) is 0 Å². The second kappa shape index (κ2) is 6.02. The first-order valence-electron chi connectivity index (χ1n) is 6.39. The normalized spacial score (nSPS) is 19.1. The number of allylic oxidation sites excluding steroid dienone is 2. The molecule has 0 aromatic heterocycles. The van der Waals surface area contributed by atoms with Crippen molar-refractivity contribution in [2.24, 2.45) is 10.9 Å². The van der Waals surface area contributed by atoms with Crippen molar-refractivity contribution in [2.75, 3.05) is 0 Å². The SMILES string of the molecule is C=C1CC=CN=C(Br)C1C(=O)c1ccc(C(C)(F)F)cc1. The number of carbonyl (C=O) groups excluding carboxylic acids is 1. The van der Waals surface area contributed by atoms with Crippen molar-refractivity contribution in [3.05, 3.63) is 59.8 Å². The molecule has 110 valence electrons. The molecule has 1 aliphatic heterocycles. The Morgan fingerprint density at radius 3 is 2.57 bits per heavy atom. The number of Topliss-reactive ketones (excluding diaryl/α,β-unsaturated/α-hetero) is 1. The third kappa shape index (κ3) is 3.53. The molecule has 0 aliphatic carbocycles. The molecular weight excluding hydrogens is 340 g/mol. The number of hydrogen-bond acceptors (Lipinski definition) is 2. The van der Waals surface area contributed by atoms with Gasteiger partial charge in [-0.1, -0.05) is 42.5 Å². The van der Waals surface area contributed by atoms with Gasteiger partial charge in [0.1, 0.15) is 0 Å².